The van der Waals surface area contributed by atoms with Gasteiger partial charge in [0.25, 0.3) is 0 Å². The molecule has 0 unspecified atom stereocenters. The first kappa shape index (κ1) is 22.3. The van der Waals surface area contributed by atoms with E-state index in [-0.39, 0.29) is 0 Å². The molecule has 0 aliphatic carbocycles. The van der Waals surface area contributed by atoms with E-state index in [1.54, 1.807) is 0 Å². The van der Waals surface area contributed by atoms with Crippen molar-refractivity contribution in [3.05, 3.63) is 83.1 Å². The third-order valence-corrected chi connectivity index (χ3v) is 9.84. The van der Waals surface area contributed by atoms with Gasteiger partial charge in [-0.15, -0.1) is 0 Å². The second kappa shape index (κ2) is 10.6. The molecule has 2 heterocycles. The minimum atomic E-state index is 0.337. The molecule has 0 spiro atoms. The molecule has 3 nitrogen and oxygen atoms in total. The Labute approximate surface area is 206 Å². The number of hydrogen-bond acceptors (Lipinski definition) is 5. The lowest BCUT2D eigenvalue weighted by atomic mass is 9.84. The molecule has 2 aliphatic heterocycles. The van der Waals surface area contributed by atoms with Crippen molar-refractivity contribution in [3.63, 3.8) is 0 Å². The number of halogens is 2. The second-order valence-corrected chi connectivity index (χ2v) is 10.8. The highest BCUT2D eigenvalue weighted by molar-refractivity contribution is 14.2. The molecule has 0 radical (unpaired) electrons. The van der Waals surface area contributed by atoms with Crippen molar-refractivity contribution in [1.29, 1.82) is 0 Å². The highest BCUT2D eigenvalue weighted by Crippen LogP contribution is 2.51. The smallest absolute Gasteiger partial charge is 0.1000 e. The molecular formula is C22H24I2N2OS2. The summed E-state index contributed by atoms with van der Waals surface area (Å²) >= 11 is 4.89. The Kier molecular flexibility index (Phi) is 8.12. The Morgan fingerprint density at radius 2 is 1.52 bits per heavy atom. The van der Waals surface area contributed by atoms with Crippen LogP contribution < -0.4 is 0 Å². The Morgan fingerprint density at radius 3 is 2.07 bits per heavy atom. The topological polar surface area (TPSA) is 15.7 Å². The van der Waals surface area contributed by atoms with E-state index in [4.69, 9.17) is 4.74 Å². The van der Waals surface area contributed by atoms with Crippen molar-refractivity contribution in [1.82, 2.24) is 8.61 Å². The summed E-state index contributed by atoms with van der Waals surface area (Å²) in [5, 5.41) is 0. The van der Waals surface area contributed by atoms with Crippen LogP contribution in [0.4, 0.5) is 0 Å². The van der Waals surface area contributed by atoms with Crippen LogP contribution in [0.1, 0.15) is 43.0 Å². The van der Waals surface area contributed by atoms with E-state index < -0.39 is 0 Å². The average molecular weight is 650 g/mol. The molecule has 7 heteroatoms. The summed E-state index contributed by atoms with van der Waals surface area (Å²) in [5.41, 5.74) is 4.23. The number of piperidine rings is 1. The van der Waals surface area contributed by atoms with Gasteiger partial charge in [-0.2, -0.15) is 0 Å². The van der Waals surface area contributed by atoms with Crippen LogP contribution >= 0.6 is 60.6 Å². The van der Waals surface area contributed by atoms with Crippen LogP contribution in [0.5, 0.6) is 0 Å². The lowest BCUT2D eigenvalue weighted by Gasteiger charge is -2.48. The molecule has 2 aromatic carbocycles. The molecule has 2 aliphatic rings. The van der Waals surface area contributed by atoms with Gasteiger partial charge in [0, 0.05) is 73.0 Å². The van der Waals surface area contributed by atoms with Crippen molar-refractivity contribution < 1.29 is 4.74 Å². The van der Waals surface area contributed by atoms with Crippen LogP contribution in [0.25, 0.3) is 0 Å². The zero-order chi connectivity index (χ0) is 20.2. The zero-order valence-corrected chi connectivity index (χ0v) is 22.2. The minimum absolute atomic E-state index is 0.337. The fourth-order valence-electron chi connectivity index (χ4n) is 4.41. The number of rotatable bonds is 6. The summed E-state index contributed by atoms with van der Waals surface area (Å²) in [6.45, 7) is 3.77. The molecule has 0 saturated carbocycles. The summed E-state index contributed by atoms with van der Waals surface area (Å²) in [7, 11) is 3.66. The summed E-state index contributed by atoms with van der Waals surface area (Å²) in [6, 6.07) is 22.9. The van der Waals surface area contributed by atoms with Gasteiger partial charge < -0.3 is 4.74 Å². The molecule has 1 saturated heterocycles. The van der Waals surface area contributed by atoms with Crippen LogP contribution in [0.3, 0.4) is 0 Å². The predicted molar refractivity (Wildman–Crippen MR) is 142 cm³/mol. The molecule has 29 heavy (non-hydrogen) atoms. The summed E-state index contributed by atoms with van der Waals surface area (Å²) in [6.07, 6.45) is 2.01. The number of ether oxygens (including phenoxy) is 1. The fraction of sp³-hybridized carbons (Fsp3) is 0.364. The van der Waals surface area contributed by atoms with Gasteiger partial charge in [-0.25, -0.2) is 8.61 Å². The van der Waals surface area contributed by atoms with Crippen LogP contribution in [0, 0.1) is 0 Å². The molecule has 0 bridgehead atoms. The molecule has 2 aromatic rings. The van der Waals surface area contributed by atoms with Gasteiger partial charge in [0.15, 0.2) is 0 Å². The Bertz CT molecular complexity index is 837. The van der Waals surface area contributed by atoms with Crippen molar-refractivity contribution in [2.24, 2.45) is 0 Å². The largest absolute Gasteiger partial charge is 0.498 e. The monoisotopic (exact) mass is 650 g/mol. The fourth-order valence-corrected chi connectivity index (χ4v) is 8.39. The molecule has 3 atom stereocenters. The van der Waals surface area contributed by atoms with E-state index in [0.29, 0.717) is 18.1 Å². The molecule has 1 fully saturated rings. The summed E-state index contributed by atoms with van der Waals surface area (Å²) in [4.78, 5) is 0. The average Bonchev–Trinajstić information content (AvgIpc) is 2.79. The van der Waals surface area contributed by atoms with Crippen molar-refractivity contribution in [3.8, 4) is 0 Å². The molecule has 154 valence electrons. The Balaban J connectivity index is 1.74. The Morgan fingerprint density at radius 1 is 0.897 bits per heavy atom. The van der Waals surface area contributed by atoms with Crippen LogP contribution in [0.2, 0.25) is 0 Å². The van der Waals surface area contributed by atoms with E-state index in [1.807, 2.05) is 18.2 Å². The first-order valence-electron chi connectivity index (χ1n) is 9.83. The number of benzene rings is 2. The number of hydrogen-bond donors (Lipinski definition) is 0. The van der Waals surface area contributed by atoms with E-state index >= 15 is 0 Å². The van der Waals surface area contributed by atoms with Crippen LogP contribution in [0.15, 0.2) is 72.0 Å². The van der Waals surface area contributed by atoms with Crippen LogP contribution in [-0.2, 0) is 4.74 Å². The van der Waals surface area contributed by atoms with Crippen molar-refractivity contribution in [2.45, 2.75) is 37.9 Å². The maximum atomic E-state index is 6.23. The van der Waals surface area contributed by atoms with E-state index in [0.717, 1.165) is 26.0 Å². The van der Waals surface area contributed by atoms with Gasteiger partial charge in [0.05, 0.1) is 18.4 Å². The predicted octanol–water partition coefficient (Wildman–Crippen LogP) is 7.54. The third kappa shape index (κ3) is 4.79. The lowest BCUT2D eigenvalue weighted by Crippen LogP contribution is -2.47. The van der Waals surface area contributed by atoms with E-state index in [9.17, 15) is 0 Å². The summed E-state index contributed by atoms with van der Waals surface area (Å²) in [5.74, 6) is 1.20. The lowest BCUT2D eigenvalue weighted by molar-refractivity contribution is 0.129. The normalized spacial score (nSPS) is 25.7. The molecule has 0 amide bonds. The molecule has 0 N–H and O–H groups in total. The van der Waals surface area contributed by atoms with Crippen molar-refractivity contribution >= 4 is 60.6 Å². The standard InChI is InChI=1S/C22H24I2N2OS2/c1-2-27-22-14-20(17-11-7-4-8-12-17)26(29-24)21-13-19(16-9-5-3-6-10-16)25(28-23)15-18(21)22/h3-12,19-21H,2,13-15H2,1H3/t19-,20-,21-/m0/s1. The second-order valence-electron chi connectivity index (χ2n) is 7.26. The number of fused-ring (bicyclic) bond motifs is 1. The highest BCUT2D eigenvalue weighted by Gasteiger charge is 2.44. The van der Waals surface area contributed by atoms with Crippen molar-refractivity contribution in [2.75, 3.05) is 13.2 Å². The SMILES string of the molecule is CCOC1=C2CN(SI)[C@H](c3ccccc3)C[C@@H]2N(SI)[C@H](c2ccccc2)C1. The highest BCUT2D eigenvalue weighted by atomic mass is 127. The van der Waals surface area contributed by atoms with Gasteiger partial charge in [0.2, 0.25) is 0 Å². The first-order chi connectivity index (χ1) is 14.3. The quantitative estimate of drug-likeness (QED) is 0.237. The van der Waals surface area contributed by atoms with Gasteiger partial charge in [-0.3, -0.25) is 0 Å². The van der Waals surface area contributed by atoms with E-state index in [2.05, 4.69) is 119 Å². The van der Waals surface area contributed by atoms with Gasteiger partial charge in [-0.05, 0) is 42.7 Å². The summed E-state index contributed by atoms with van der Waals surface area (Å²) < 4.78 is 11.4. The molecule has 0 aromatic heterocycles. The van der Waals surface area contributed by atoms with Gasteiger partial charge in [-0.1, -0.05) is 60.7 Å². The zero-order valence-electron chi connectivity index (χ0n) is 16.2. The molecule has 4 rings (SSSR count). The minimum Gasteiger partial charge on any atom is -0.498 e. The van der Waals surface area contributed by atoms with Crippen LogP contribution in [-0.4, -0.2) is 27.8 Å². The van der Waals surface area contributed by atoms with E-state index in [1.165, 1.54) is 22.5 Å². The Hall–Kier alpha value is 0.0600. The molecular weight excluding hydrogens is 626 g/mol. The maximum Gasteiger partial charge on any atom is 0.1000 e. The van der Waals surface area contributed by atoms with Gasteiger partial charge >= 0.3 is 0 Å². The first-order valence-corrected chi connectivity index (χ1v) is 16.5. The maximum absolute atomic E-state index is 6.23. The number of nitrogens with zero attached hydrogens (tertiary/aromatic N) is 2. The third-order valence-electron chi connectivity index (χ3n) is 5.73. The van der Waals surface area contributed by atoms with Gasteiger partial charge in [0.1, 0.15) is 0 Å².